The number of nitrogens with two attached hydrogens (primary N) is 1. The number of amides is 1. The number of allylic oxidation sites excluding steroid dienone is 3. The number of aromatic nitrogens is 2. The van der Waals surface area contributed by atoms with E-state index in [1.54, 1.807) is 30.2 Å². The monoisotopic (exact) mass is 602 g/mol. The SMILES string of the molecule is CCc1ccc(C2C(C#N)=C(N)N(c3nnc(SCC(=O)Nc4ccc(OC)cc4OC)s3)C3=C2C(=O)CCC3)cc1. The fourth-order valence-corrected chi connectivity index (χ4v) is 6.83. The number of nitrogens with zero attached hydrogens (tertiary/aromatic N) is 4. The molecule has 5 rings (SSSR count). The fourth-order valence-electron chi connectivity index (χ4n) is 5.15. The highest BCUT2D eigenvalue weighted by Crippen LogP contribution is 2.47. The summed E-state index contributed by atoms with van der Waals surface area (Å²) in [6.45, 7) is 2.08. The Morgan fingerprint density at radius 2 is 1.98 bits per heavy atom. The van der Waals surface area contributed by atoms with Crippen molar-refractivity contribution in [3.8, 4) is 17.6 Å². The molecule has 1 aromatic heterocycles. The number of anilines is 2. The first-order chi connectivity index (χ1) is 20.4. The number of nitrogens with one attached hydrogen (secondary N) is 1. The molecule has 3 N–H and O–H groups in total. The van der Waals surface area contributed by atoms with Crippen LogP contribution in [0.1, 0.15) is 43.2 Å². The van der Waals surface area contributed by atoms with Gasteiger partial charge in [-0.2, -0.15) is 5.26 Å². The molecular formula is C30H30N6O4S2. The molecule has 0 fully saturated rings. The second-order valence-electron chi connectivity index (χ2n) is 9.66. The first-order valence-electron chi connectivity index (χ1n) is 13.4. The number of carbonyl (C=O) groups is 2. The normalized spacial score (nSPS) is 16.7. The lowest BCUT2D eigenvalue weighted by Crippen LogP contribution is -2.38. The molecule has 216 valence electrons. The Morgan fingerprint density at radius 3 is 2.67 bits per heavy atom. The molecule has 10 nitrogen and oxygen atoms in total. The van der Waals surface area contributed by atoms with Gasteiger partial charge in [0.1, 0.15) is 17.3 Å². The molecule has 0 saturated carbocycles. The van der Waals surface area contributed by atoms with Crippen molar-refractivity contribution in [2.24, 2.45) is 5.73 Å². The molecule has 12 heteroatoms. The number of nitriles is 1. The predicted octanol–water partition coefficient (Wildman–Crippen LogP) is 5.15. The summed E-state index contributed by atoms with van der Waals surface area (Å²) in [5, 5.41) is 22.1. The highest BCUT2D eigenvalue weighted by atomic mass is 32.2. The number of ketones is 1. The Morgan fingerprint density at radius 1 is 1.19 bits per heavy atom. The van der Waals surface area contributed by atoms with Crippen molar-refractivity contribution in [1.29, 1.82) is 5.26 Å². The lowest BCUT2D eigenvalue weighted by Gasteiger charge is -2.38. The Labute approximate surface area is 252 Å². The summed E-state index contributed by atoms with van der Waals surface area (Å²) >= 11 is 2.48. The molecule has 1 unspecified atom stereocenters. The van der Waals surface area contributed by atoms with E-state index in [0.717, 1.165) is 17.7 Å². The summed E-state index contributed by atoms with van der Waals surface area (Å²) in [4.78, 5) is 27.7. The van der Waals surface area contributed by atoms with Gasteiger partial charge in [-0.3, -0.25) is 14.5 Å². The first-order valence-corrected chi connectivity index (χ1v) is 15.2. The Hall–Kier alpha value is -4.34. The summed E-state index contributed by atoms with van der Waals surface area (Å²) in [5.41, 5.74) is 10.9. The minimum Gasteiger partial charge on any atom is -0.497 e. The summed E-state index contributed by atoms with van der Waals surface area (Å²) in [7, 11) is 3.08. The molecule has 0 spiro atoms. The highest BCUT2D eigenvalue weighted by Gasteiger charge is 2.41. The molecule has 0 bridgehead atoms. The van der Waals surface area contributed by atoms with Crippen LogP contribution in [0, 0.1) is 11.3 Å². The topological polar surface area (TPSA) is 143 Å². The van der Waals surface area contributed by atoms with E-state index in [1.807, 2.05) is 24.3 Å². The first kappa shape index (κ1) is 29.2. The van der Waals surface area contributed by atoms with Crippen LogP contribution in [0.15, 0.2) is 69.5 Å². The van der Waals surface area contributed by atoms with Gasteiger partial charge in [0.15, 0.2) is 10.1 Å². The summed E-state index contributed by atoms with van der Waals surface area (Å²) in [6, 6.07) is 15.4. The average Bonchev–Trinajstić information content (AvgIpc) is 3.48. The van der Waals surface area contributed by atoms with E-state index in [2.05, 4.69) is 28.5 Å². The molecule has 2 aliphatic rings. The van der Waals surface area contributed by atoms with Crippen molar-refractivity contribution in [3.05, 3.63) is 76.3 Å². The van der Waals surface area contributed by atoms with Gasteiger partial charge in [-0.05, 0) is 42.5 Å². The number of Topliss-reactive ketones (excluding diaryl/α,β-unsaturated/α-hetero) is 1. The maximum Gasteiger partial charge on any atom is 0.234 e. The molecule has 0 radical (unpaired) electrons. The van der Waals surface area contributed by atoms with Gasteiger partial charge < -0.3 is 20.5 Å². The summed E-state index contributed by atoms with van der Waals surface area (Å²) in [5.74, 6) is 0.663. The number of methoxy groups -OCH3 is 2. The van der Waals surface area contributed by atoms with Gasteiger partial charge in [-0.1, -0.05) is 54.3 Å². The lowest BCUT2D eigenvalue weighted by atomic mass is 9.75. The molecule has 2 aromatic carbocycles. The maximum atomic E-state index is 13.3. The molecule has 1 aliphatic heterocycles. The van der Waals surface area contributed by atoms with Crippen molar-refractivity contribution < 1.29 is 19.1 Å². The number of benzene rings is 2. The Balaban J connectivity index is 1.38. The van der Waals surface area contributed by atoms with Crippen molar-refractivity contribution >= 4 is 45.6 Å². The van der Waals surface area contributed by atoms with Crippen molar-refractivity contribution in [2.75, 3.05) is 30.2 Å². The van der Waals surface area contributed by atoms with Crippen LogP contribution < -0.4 is 25.4 Å². The minimum absolute atomic E-state index is 0.0100. The zero-order valence-corrected chi connectivity index (χ0v) is 25.1. The van der Waals surface area contributed by atoms with E-state index in [0.29, 0.717) is 57.1 Å². The molecular weight excluding hydrogens is 573 g/mol. The molecule has 42 heavy (non-hydrogen) atoms. The zero-order chi connectivity index (χ0) is 29.8. The number of hydrogen-bond donors (Lipinski definition) is 2. The van der Waals surface area contributed by atoms with E-state index < -0.39 is 5.92 Å². The van der Waals surface area contributed by atoms with Gasteiger partial charge in [0.25, 0.3) is 0 Å². The quantitative estimate of drug-likeness (QED) is 0.316. The van der Waals surface area contributed by atoms with Gasteiger partial charge in [0.2, 0.25) is 11.0 Å². The number of rotatable bonds is 9. The average molecular weight is 603 g/mol. The lowest BCUT2D eigenvalue weighted by molar-refractivity contribution is -0.116. The molecule has 1 atom stereocenters. The number of carbonyl (C=O) groups excluding carboxylic acids is 2. The van der Waals surface area contributed by atoms with Crippen molar-refractivity contribution in [3.63, 3.8) is 0 Å². The standard InChI is InChI=1S/C30H30N6O4S2/c1-4-17-8-10-18(11-9-17)26-20(15-31)28(32)36(22-6-5-7-23(37)27(22)26)29-34-35-30(42-29)41-16-25(38)33-21-13-12-19(39-2)14-24(21)40-3/h8-14,26H,4-7,16,32H2,1-3H3,(H,33,38). The van der Waals surface area contributed by atoms with Gasteiger partial charge in [-0.25, -0.2) is 0 Å². The van der Waals surface area contributed by atoms with Gasteiger partial charge in [0.05, 0.1) is 43.2 Å². The molecule has 3 aromatic rings. The van der Waals surface area contributed by atoms with Crippen LogP contribution in [0.2, 0.25) is 0 Å². The maximum absolute atomic E-state index is 13.3. The third-order valence-corrected chi connectivity index (χ3v) is 9.27. The Bertz CT molecular complexity index is 1620. The Kier molecular flexibility index (Phi) is 8.80. The minimum atomic E-state index is -0.527. The highest BCUT2D eigenvalue weighted by molar-refractivity contribution is 8.01. The smallest absolute Gasteiger partial charge is 0.234 e. The second-order valence-corrected chi connectivity index (χ2v) is 11.8. The molecule has 1 amide bonds. The van der Waals surface area contributed by atoms with Crippen molar-refractivity contribution in [2.45, 2.75) is 42.9 Å². The van der Waals surface area contributed by atoms with E-state index in [4.69, 9.17) is 15.2 Å². The predicted molar refractivity (Wildman–Crippen MR) is 163 cm³/mol. The van der Waals surface area contributed by atoms with E-state index in [-0.39, 0.29) is 23.3 Å². The number of aryl methyl sites for hydroxylation is 1. The van der Waals surface area contributed by atoms with Crippen LogP contribution in [-0.2, 0) is 16.0 Å². The van der Waals surface area contributed by atoms with Crippen LogP contribution in [0.3, 0.4) is 0 Å². The summed E-state index contributed by atoms with van der Waals surface area (Å²) in [6.07, 6.45) is 2.61. The number of ether oxygens (including phenoxy) is 2. The van der Waals surface area contributed by atoms with Crippen LogP contribution in [0.25, 0.3) is 0 Å². The van der Waals surface area contributed by atoms with Crippen molar-refractivity contribution in [1.82, 2.24) is 10.2 Å². The van der Waals surface area contributed by atoms with Gasteiger partial charge >= 0.3 is 0 Å². The third-order valence-electron chi connectivity index (χ3n) is 7.23. The molecule has 0 saturated heterocycles. The van der Waals surface area contributed by atoms with Crippen LogP contribution >= 0.6 is 23.1 Å². The molecule has 2 heterocycles. The van der Waals surface area contributed by atoms with Crippen LogP contribution in [0.4, 0.5) is 10.8 Å². The number of hydrogen-bond acceptors (Lipinski definition) is 11. The van der Waals surface area contributed by atoms with E-state index in [9.17, 15) is 14.9 Å². The van der Waals surface area contributed by atoms with E-state index >= 15 is 0 Å². The zero-order valence-electron chi connectivity index (χ0n) is 23.5. The third kappa shape index (κ3) is 5.70. The van der Waals surface area contributed by atoms with Crippen LogP contribution in [-0.4, -0.2) is 41.9 Å². The van der Waals surface area contributed by atoms with Gasteiger partial charge in [-0.15, -0.1) is 10.2 Å². The van der Waals surface area contributed by atoms with E-state index in [1.165, 1.54) is 35.8 Å². The summed E-state index contributed by atoms with van der Waals surface area (Å²) < 4.78 is 11.1. The van der Waals surface area contributed by atoms with Crippen LogP contribution in [0.5, 0.6) is 11.5 Å². The fraction of sp³-hybridized carbons (Fsp3) is 0.300. The van der Waals surface area contributed by atoms with Gasteiger partial charge in [0, 0.05) is 23.8 Å². The second kappa shape index (κ2) is 12.7. The largest absolute Gasteiger partial charge is 0.497 e. The molecule has 1 aliphatic carbocycles. The number of thioether (sulfide) groups is 1.